The third-order valence-corrected chi connectivity index (χ3v) is 5.46. The van der Waals surface area contributed by atoms with Gasteiger partial charge in [-0.15, -0.1) is 0 Å². The molecule has 3 heterocycles. The Morgan fingerprint density at radius 3 is 2.74 bits per heavy atom. The highest BCUT2D eigenvalue weighted by Gasteiger charge is 2.23. The fraction of sp³-hybridized carbons (Fsp3) is 0.524. The van der Waals surface area contributed by atoms with Gasteiger partial charge < -0.3 is 20.1 Å². The smallest absolute Gasteiger partial charge is 0.165 e. The van der Waals surface area contributed by atoms with Crippen LogP contribution in [0.4, 0.5) is 5.82 Å². The molecule has 144 valence electrons. The average Bonchev–Trinajstić information content (AvgIpc) is 3.20. The standard InChI is InChI=1S/C21H28N4O2/c1-15-13-20(24-21(23-15)18-6-2-3-7-19(18)26)25-10-8-16(9-11-25)22-14-17-5-4-12-27-17/h2-3,6-7,13,16-17,22,26H,4-5,8-12,14H2,1H3. The largest absolute Gasteiger partial charge is 0.507 e. The maximum atomic E-state index is 10.1. The molecule has 2 aliphatic heterocycles. The van der Waals surface area contributed by atoms with Crippen LogP contribution in [0.3, 0.4) is 0 Å². The van der Waals surface area contributed by atoms with Crippen molar-refractivity contribution < 1.29 is 9.84 Å². The van der Waals surface area contributed by atoms with Gasteiger partial charge in [0.1, 0.15) is 11.6 Å². The van der Waals surface area contributed by atoms with Crippen LogP contribution in [0.5, 0.6) is 5.75 Å². The number of aromatic hydroxyl groups is 1. The minimum Gasteiger partial charge on any atom is -0.507 e. The second kappa shape index (κ2) is 8.23. The molecule has 27 heavy (non-hydrogen) atoms. The summed E-state index contributed by atoms with van der Waals surface area (Å²) in [7, 11) is 0. The molecule has 1 aromatic heterocycles. The summed E-state index contributed by atoms with van der Waals surface area (Å²) in [5.41, 5.74) is 1.59. The number of phenols is 1. The van der Waals surface area contributed by atoms with Crippen molar-refractivity contribution in [2.45, 2.75) is 44.8 Å². The lowest BCUT2D eigenvalue weighted by Crippen LogP contribution is -2.44. The number of anilines is 1. The van der Waals surface area contributed by atoms with Gasteiger partial charge in [-0.1, -0.05) is 12.1 Å². The highest BCUT2D eigenvalue weighted by atomic mass is 16.5. The highest BCUT2D eigenvalue weighted by molar-refractivity contribution is 5.65. The van der Waals surface area contributed by atoms with Crippen LogP contribution in [0.1, 0.15) is 31.4 Å². The second-order valence-electron chi connectivity index (χ2n) is 7.51. The molecule has 2 saturated heterocycles. The van der Waals surface area contributed by atoms with Gasteiger partial charge in [-0.3, -0.25) is 0 Å². The molecule has 0 aliphatic carbocycles. The molecule has 2 aliphatic rings. The fourth-order valence-corrected chi connectivity index (χ4v) is 3.91. The summed E-state index contributed by atoms with van der Waals surface area (Å²) in [5.74, 6) is 1.74. The number of hydrogen-bond acceptors (Lipinski definition) is 6. The number of ether oxygens (including phenoxy) is 1. The molecule has 2 aromatic rings. The number of nitrogens with one attached hydrogen (secondary N) is 1. The topological polar surface area (TPSA) is 70.5 Å². The summed E-state index contributed by atoms with van der Waals surface area (Å²) in [4.78, 5) is 11.6. The number of aromatic nitrogens is 2. The van der Waals surface area contributed by atoms with E-state index in [9.17, 15) is 5.11 Å². The van der Waals surface area contributed by atoms with E-state index in [-0.39, 0.29) is 5.75 Å². The van der Waals surface area contributed by atoms with E-state index in [1.54, 1.807) is 6.07 Å². The Hall–Kier alpha value is -2.18. The monoisotopic (exact) mass is 368 g/mol. The first-order valence-corrected chi connectivity index (χ1v) is 9.93. The van der Waals surface area contributed by atoms with E-state index in [0.29, 0.717) is 23.5 Å². The normalized spacial score (nSPS) is 20.9. The van der Waals surface area contributed by atoms with Crippen molar-refractivity contribution in [2.24, 2.45) is 0 Å². The highest BCUT2D eigenvalue weighted by Crippen LogP contribution is 2.28. The molecule has 4 rings (SSSR count). The summed E-state index contributed by atoms with van der Waals surface area (Å²) in [6.45, 7) is 5.80. The number of rotatable bonds is 5. The first-order chi connectivity index (χ1) is 13.2. The molecule has 2 N–H and O–H groups in total. The quantitative estimate of drug-likeness (QED) is 0.846. The SMILES string of the molecule is Cc1cc(N2CCC(NCC3CCCO3)CC2)nc(-c2ccccc2O)n1. The van der Waals surface area contributed by atoms with Crippen LogP contribution in [0, 0.1) is 6.92 Å². The van der Waals surface area contributed by atoms with Crippen LogP contribution in [-0.4, -0.2) is 53.5 Å². The molecule has 0 saturated carbocycles. The van der Waals surface area contributed by atoms with Gasteiger partial charge in [-0.05, 0) is 44.7 Å². The summed E-state index contributed by atoms with van der Waals surface area (Å²) < 4.78 is 5.70. The van der Waals surface area contributed by atoms with E-state index in [1.807, 2.05) is 31.2 Å². The molecule has 1 atom stereocenters. The number of nitrogens with zero attached hydrogens (tertiary/aromatic N) is 3. The minimum atomic E-state index is 0.214. The Balaban J connectivity index is 1.40. The predicted molar refractivity (Wildman–Crippen MR) is 106 cm³/mol. The van der Waals surface area contributed by atoms with Crippen LogP contribution in [-0.2, 0) is 4.74 Å². The van der Waals surface area contributed by atoms with Crippen molar-refractivity contribution in [3.8, 4) is 17.1 Å². The van der Waals surface area contributed by atoms with Gasteiger partial charge in [0.15, 0.2) is 5.82 Å². The van der Waals surface area contributed by atoms with E-state index in [4.69, 9.17) is 9.72 Å². The lowest BCUT2D eigenvalue weighted by atomic mass is 10.0. The maximum absolute atomic E-state index is 10.1. The Morgan fingerprint density at radius 2 is 2.00 bits per heavy atom. The minimum absolute atomic E-state index is 0.214. The first kappa shape index (κ1) is 18.2. The third kappa shape index (κ3) is 4.39. The molecular formula is C21H28N4O2. The Labute approximate surface area is 160 Å². The molecule has 0 bridgehead atoms. The van der Waals surface area contributed by atoms with Crippen LogP contribution in [0.25, 0.3) is 11.4 Å². The lowest BCUT2D eigenvalue weighted by molar-refractivity contribution is 0.106. The Morgan fingerprint density at radius 1 is 1.19 bits per heavy atom. The summed E-state index contributed by atoms with van der Waals surface area (Å²) in [6, 6.07) is 9.81. The van der Waals surface area contributed by atoms with Crippen molar-refractivity contribution in [3.05, 3.63) is 36.0 Å². The van der Waals surface area contributed by atoms with Gasteiger partial charge in [-0.2, -0.15) is 0 Å². The fourth-order valence-electron chi connectivity index (χ4n) is 3.91. The van der Waals surface area contributed by atoms with Gasteiger partial charge in [-0.25, -0.2) is 9.97 Å². The number of benzene rings is 1. The number of piperidine rings is 1. The van der Waals surface area contributed by atoms with E-state index in [1.165, 1.54) is 12.8 Å². The van der Waals surface area contributed by atoms with Gasteiger partial charge in [0.05, 0.1) is 11.7 Å². The third-order valence-electron chi connectivity index (χ3n) is 5.46. The molecule has 0 radical (unpaired) electrons. The zero-order valence-corrected chi connectivity index (χ0v) is 15.9. The molecule has 0 amide bonds. The molecule has 2 fully saturated rings. The van der Waals surface area contributed by atoms with Gasteiger partial charge in [0, 0.05) is 44.0 Å². The summed E-state index contributed by atoms with van der Waals surface area (Å²) in [6.07, 6.45) is 4.97. The lowest BCUT2D eigenvalue weighted by Gasteiger charge is -2.34. The first-order valence-electron chi connectivity index (χ1n) is 9.93. The number of phenolic OH excluding ortho intramolecular Hbond substituents is 1. The molecule has 1 unspecified atom stereocenters. The molecule has 6 nitrogen and oxygen atoms in total. The Bertz CT molecular complexity index is 769. The second-order valence-corrected chi connectivity index (χ2v) is 7.51. The van der Waals surface area contributed by atoms with Crippen LogP contribution < -0.4 is 10.2 Å². The van der Waals surface area contributed by atoms with Crippen molar-refractivity contribution in [2.75, 3.05) is 31.1 Å². The number of aryl methyl sites for hydroxylation is 1. The van der Waals surface area contributed by atoms with Crippen molar-refractivity contribution in [3.63, 3.8) is 0 Å². The van der Waals surface area contributed by atoms with E-state index >= 15 is 0 Å². The van der Waals surface area contributed by atoms with Gasteiger partial charge >= 0.3 is 0 Å². The number of hydrogen-bond donors (Lipinski definition) is 2. The number of para-hydroxylation sites is 1. The predicted octanol–water partition coefficient (Wildman–Crippen LogP) is 2.90. The van der Waals surface area contributed by atoms with Crippen LogP contribution >= 0.6 is 0 Å². The van der Waals surface area contributed by atoms with E-state index in [0.717, 1.165) is 50.6 Å². The Kier molecular flexibility index (Phi) is 5.55. The zero-order valence-electron chi connectivity index (χ0n) is 15.9. The average molecular weight is 368 g/mol. The molecule has 0 spiro atoms. The van der Waals surface area contributed by atoms with E-state index < -0.39 is 0 Å². The molecular weight excluding hydrogens is 340 g/mol. The summed E-state index contributed by atoms with van der Waals surface area (Å²) in [5, 5.41) is 13.8. The zero-order chi connectivity index (χ0) is 18.6. The molecule has 1 aromatic carbocycles. The van der Waals surface area contributed by atoms with Crippen molar-refractivity contribution >= 4 is 5.82 Å². The van der Waals surface area contributed by atoms with E-state index in [2.05, 4.69) is 15.2 Å². The van der Waals surface area contributed by atoms with Crippen LogP contribution in [0.15, 0.2) is 30.3 Å². The van der Waals surface area contributed by atoms with Crippen LogP contribution in [0.2, 0.25) is 0 Å². The summed E-state index contributed by atoms with van der Waals surface area (Å²) >= 11 is 0. The molecule has 6 heteroatoms. The van der Waals surface area contributed by atoms with Gasteiger partial charge in [0.2, 0.25) is 0 Å². The van der Waals surface area contributed by atoms with Crippen molar-refractivity contribution in [1.29, 1.82) is 0 Å². The maximum Gasteiger partial charge on any atom is 0.165 e. The van der Waals surface area contributed by atoms with Crippen molar-refractivity contribution in [1.82, 2.24) is 15.3 Å². The van der Waals surface area contributed by atoms with Gasteiger partial charge in [0.25, 0.3) is 0 Å².